The summed E-state index contributed by atoms with van der Waals surface area (Å²) in [6, 6.07) is 10.8. The molecule has 1 aliphatic heterocycles. The Bertz CT molecular complexity index is 506. The number of benzene rings is 1. The van der Waals surface area contributed by atoms with Crippen LogP contribution in [0.1, 0.15) is 56.4 Å². The van der Waals surface area contributed by atoms with E-state index in [1.54, 1.807) is 0 Å². The molecule has 25 heavy (non-hydrogen) atoms. The average Bonchev–Trinajstić information content (AvgIpc) is 2.67. The summed E-state index contributed by atoms with van der Waals surface area (Å²) in [4.78, 5) is 15.0. The monoisotopic (exact) mass is 364 g/mol. The topological polar surface area (TPSA) is 32.3 Å². The Morgan fingerprint density at radius 2 is 1.68 bits per heavy atom. The molecule has 0 bridgehead atoms. The highest BCUT2D eigenvalue weighted by molar-refractivity contribution is 5.85. The number of nitrogens with zero attached hydrogens (tertiary/aromatic N) is 1. The van der Waals surface area contributed by atoms with E-state index in [0.29, 0.717) is 11.8 Å². The van der Waals surface area contributed by atoms with Crippen LogP contribution in [0.5, 0.6) is 0 Å². The van der Waals surface area contributed by atoms with Crippen molar-refractivity contribution in [3.8, 4) is 0 Å². The van der Waals surface area contributed by atoms with Crippen LogP contribution in [0.4, 0.5) is 0 Å². The minimum absolute atomic E-state index is 0. The van der Waals surface area contributed by atoms with Crippen molar-refractivity contribution in [1.82, 2.24) is 10.2 Å². The van der Waals surface area contributed by atoms with E-state index in [2.05, 4.69) is 40.5 Å². The van der Waals surface area contributed by atoms with Crippen molar-refractivity contribution >= 4 is 18.3 Å². The maximum Gasteiger partial charge on any atom is 0.225 e. The normalized spacial score (nSPS) is 24.6. The van der Waals surface area contributed by atoms with Crippen LogP contribution in [-0.2, 0) is 4.79 Å². The number of amides is 1. The average molecular weight is 365 g/mol. The Labute approximate surface area is 159 Å². The summed E-state index contributed by atoms with van der Waals surface area (Å²) in [5.74, 6) is 2.17. The first kappa shape index (κ1) is 20.3. The van der Waals surface area contributed by atoms with Gasteiger partial charge in [-0.15, -0.1) is 12.4 Å². The minimum atomic E-state index is 0. The zero-order valence-corrected chi connectivity index (χ0v) is 16.3. The van der Waals surface area contributed by atoms with Gasteiger partial charge in [0.1, 0.15) is 0 Å². The summed E-state index contributed by atoms with van der Waals surface area (Å²) in [6.45, 7) is 3.06. The first-order valence-corrected chi connectivity index (χ1v) is 9.76. The van der Waals surface area contributed by atoms with Crippen molar-refractivity contribution in [3.05, 3.63) is 35.9 Å². The van der Waals surface area contributed by atoms with E-state index in [-0.39, 0.29) is 18.3 Å². The summed E-state index contributed by atoms with van der Waals surface area (Å²) in [5.41, 5.74) is 1.45. The second-order valence-electron chi connectivity index (χ2n) is 7.62. The molecule has 1 saturated carbocycles. The predicted octanol–water partition coefficient (Wildman–Crippen LogP) is 4.23. The van der Waals surface area contributed by atoms with E-state index in [4.69, 9.17) is 0 Å². The van der Waals surface area contributed by atoms with Gasteiger partial charge in [-0.3, -0.25) is 4.79 Å². The predicted molar refractivity (Wildman–Crippen MR) is 106 cm³/mol. The summed E-state index contributed by atoms with van der Waals surface area (Å²) in [6.07, 6.45) is 8.09. The number of hydrogen-bond acceptors (Lipinski definition) is 2. The third kappa shape index (κ3) is 5.46. The third-order valence-electron chi connectivity index (χ3n) is 6.08. The molecule has 1 aromatic carbocycles. The lowest BCUT2D eigenvalue weighted by Crippen LogP contribution is -2.42. The Morgan fingerprint density at radius 1 is 1.04 bits per heavy atom. The molecule has 1 aliphatic carbocycles. The van der Waals surface area contributed by atoms with Gasteiger partial charge in [0.15, 0.2) is 0 Å². The lowest BCUT2D eigenvalue weighted by molar-refractivity contribution is -0.138. The lowest BCUT2D eigenvalue weighted by atomic mass is 9.78. The van der Waals surface area contributed by atoms with Crippen LogP contribution in [0.3, 0.4) is 0 Å². The van der Waals surface area contributed by atoms with Gasteiger partial charge in [0, 0.05) is 19.0 Å². The van der Waals surface area contributed by atoms with Crippen LogP contribution < -0.4 is 5.32 Å². The summed E-state index contributed by atoms with van der Waals surface area (Å²) < 4.78 is 0. The van der Waals surface area contributed by atoms with Crippen LogP contribution >= 0.6 is 12.4 Å². The molecule has 4 heteroatoms. The maximum atomic E-state index is 12.8. The van der Waals surface area contributed by atoms with Crippen molar-refractivity contribution in [2.45, 2.75) is 50.9 Å². The van der Waals surface area contributed by atoms with Crippen LogP contribution in [0.2, 0.25) is 0 Å². The Kier molecular flexibility index (Phi) is 8.25. The van der Waals surface area contributed by atoms with Gasteiger partial charge in [-0.25, -0.2) is 0 Å². The fraction of sp³-hybridized carbons (Fsp3) is 0.667. The van der Waals surface area contributed by atoms with Gasteiger partial charge < -0.3 is 10.2 Å². The summed E-state index contributed by atoms with van der Waals surface area (Å²) in [7, 11) is 2.02. The fourth-order valence-electron chi connectivity index (χ4n) is 4.45. The molecule has 0 spiro atoms. The second kappa shape index (κ2) is 10.2. The van der Waals surface area contributed by atoms with Gasteiger partial charge in [-0.05, 0) is 75.9 Å². The molecule has 0 aromatic heterocycles. The molecule has 140 valence electrons. The summed E-state index contributed by atoms with van der Waals surface area (Å²) >= 11 is 0. The minimum Gasteiger partial charge on any atom is -0.342 e. The van der Waals surface area contributed by atoms with Gasteiger partial charge in [0.25, 0.3) is 0 Å². The molecule has 3 nitrogen and oxygen atoms in total. The number of likely N-dealkylation sites (tertiary alicyclic amines) is 1. The molecule has 1 N–H and O–H groups in total. The fourth-order valence-corrected chi connectivity index (χ4v) is 4.45. The number of nitrogens with one attached hydrogen (secondary N) is 1. The number of carbonyl (C=O) groups excluding carboxylic acids is 1. The first-order chi connectivity index (χ1) is 11.8. The van der Waals surface area contributed by atoms with Crippen molar-refractivity contribution < 1.29 is 4.79 Å². The molecule has 0 atom stereocenters. The van der Waals surface area contributed by atoms with E-state index in [9.17, 15) is 4.79 Å². The van der Waals surface area contributed by atoms with Crippen LogP contribution in [0.15, 0.2) is 30.3 Å². The molecule has 0 radical (unpaired) electrons. The standard InChI is InChI=1S/C21H32N2O.ClH/c1-22-14-11-17-12-15-23(16-13-17)21(24)20-9-7-19(8-10-20)18-5-3-2-4-6-18;/h2-6,17,19-20,22H,7-16H2,1H3;1H. The first-order valence-electron chi connectivity index (χ1n) is 9.76. The summed E-state index contributed by atoms with van der Waals surface area (Å²) in [5, 5.41) is 3.24. The van der Waals surface area contributed by atoms with E-state index in [1.165, 1.54) is 37.7 Å². The Balaban J connectivity index is 0.00000225. The molecule has 1 amide bonds. The Hall–Kier alpha value is -1.06. The molecule has 0 unspecified atom stereocenters. The maximum absolute atomic E-state index is 12.8. The van der Waals surface area contributed by atoms with Crippen LogP contribution in [-0.4, -0.2) is 37.5 Å². The van der Waals surface area contributed by atoms with E-state index >= 15 is 0 Å². The molecular weight excluding hydrogens is 332 g/mol. The van der Waals surface area contributed by atoms with Gasteiger partial charge in [-0.2, -0.15) is 0 Å². The largest absolute Gasteiger partial charge is 0.342 e. The van der Waals surface area contributed by atoms with Crippen molar-refractivity contribution in [2.24, 2.45) is 11.8 Å². The highest BCUT2D eigenvalue weighted by atomic mass is 35.5. The van der Waals surface area contributed by atoms with Crippen molar-refractivity contribution in [2.75, 3.05) is 26.7 Å². The Morgan fingerprint density at radius 3 is 2.28 bits per heavy atom. The van der Waals surface area contributed by atoms with Crippen molar-refractivity contribution in [1.29, 1.82) is 0 Å². The van der Waals surface area contributed by atoms with Gasteiger partial charge in [0.2, 0.25) is 5.91 Å². The highest BCUT2D eigenvalue weighted by Gasteiger charge is 2.31. The van der Waals surface area contributed by atoms with Gasteiger partial charge in [0.05, 0.1) is 0 Å². The number of piperidine rings is 1. The molecular formula is C21H33ClN2O. The number of carbonyl (C=O) groups is 1. The molecule has 3 rings (SSSR count). The molecule has 2 fully saturated rings. The highest BCUT2D eigenvalue weighted by Crippen LogP contribution is 2.36. The number of halogens is 1. The van der Waals surface area contributed by atoms with Crippen molar-refractivity contribution in [3.63, 3.8) is 0 Å². The van der Waals surface area contributed by atoms with Gasteiger partial charge >= 0.3 is 0 Å². The van der Waals surface area contributed by atoms with Gasteiger partial charge in [-0.1, -0.05) is 30.3 Å². The smallest absolute Gasteiger partial charge is 0.225 e. The SMILES string of the molecule is CNCCC1CCN(C(=O)C2CCC(c3ccccc3)CC2)CC1.Cl. The number of hydrogen-bond donors (Lipinski definition) is 1. The second-order valence-corrected chi connectivity index (χ2v) is 7.62. The quantitative estimate of drug-likeness (QED) is 0.847. The zero-order chi connectivity index (χ0) is 16.8. The molecule has 1 aromatic rings. The van der Waals surface area contributed by atoms with Crippen LogP contribution in [0.25, 0.3) is 0 Å². The molecule has 1 heterocycles. The number of rotatable bonds is 5. The molecule has 1 saturated heterocycles. The van der Waals surface area contributed by atoms with E-state index in [1.807, 2.05) is 7.05 Å². The lowest BCUT2D eigenvalue weighted by Gasteiger charge is -2.36. The van der Waals surface area contributed by atoms with E-state index in [0.717, 1.165) is 38.4 Å². The van der Waals surface area contributed by atoms with E-state index < -0.39 is 0 Å². The third-order valence-corrected chi connectivity index (χ3v) is 6.08. The zero-order valence-electron chi connectivity index (χ0n) is 15.5. The van der Waals surface area contributed by atoms with Crippen LogP contribution in [0, 0.1) is 11.8 Å². The molecule has 2 aliphatic rings.